The van der Waals surface area contributed by atoms with E-state index in [1.165, 1.54) is 0 Å². The third-order valence-corrected chi connectivity index (χ3v) is 7.66. The van der Waals surface area contributed by atoms with Crippen molar-refractivity contribution in [2.45, 2.75) is 51.6 Å². The molecule has 2 N–H and O–H groups in total. The summed E-state index contributed by atoms with van der Waals surface area (Å²) in [5, 5.41) is 28.0. The largest absolute Gasteiger partial charge is 0.497 e. The van der Waals surface area contributed by atoms with Crippen molar-refractivity contribution in [1.29, 1.82) is 0 Å². The van der Waals surface area contributed by atoms with Gasteiger partial charge in [-0.15, -0.1) is 20.4 Å². The first kappa shape index (κ1) is 25.8. The molecule has 2 aromatic heterocycles. The van der Waals surface area contributed by atoms with Crippen LogP contribution in [-0.2, 0) is 12.8 Å². The normalized spacial score (nSPS) is 12.7. The van der Waals surface area contributed by atoms with E-state index in [1.54, 1.807) is 36.9 Å². The van der Waals surface area contributed by atoms with Crippen LogP contribution >= 0.6 is 22.7 Å². The molecule has 2 aromatic carbocycles. The van der Waals surface area contributed by atoms with Crippen LogP contribution in [0.3, 0.4) is 0 Å². The number of aryl methyl sites for hydroxylation is 2. The number of aromatic nitrogens is 4. The van der Waals surface area contributed by atoms with Gasteiger partial charge in [-0.05, 0) is 62.1 Å². The van der Waals surface area contributed by atoms with E-state index in [4.69, 9.17) is 9.47 Å². The smallest absolute Gasteiger partial charge is 0.206 e. The van der Waals surface area contributed by atoms with Crippen molar-refractivity contribution in [1.82, 2.24) is 20.4 Å². The molecule has 2 heterocycles. The quantitative estimate of drug-likeness (QED) is 0.196. The highest BCUT2D eigenvalue weighted by molar-refractivity contribution is 7.15. The number of unbranched alkanes of at least 4 members (excludes halogenated alkanes) is 1. The van der Waals surface area contributed by atoms with E-state index >= 15 is 0 Å². The SMILES string of the molecule is COc1cccc(C(C)Nc2nnc(CCCCc3nnc(NC(C)c4cccc(OC)c4)s3)s2)c1. The van der Waals surface area contributed by atoms with Crippen molar-refractivity contribution in [3.63, 3.8) is 0 Å². The number of benzene rings is 2. The van der Waals surface area contributed by atoms with Crippen LogP contribution in [0.4, 0.5) is 10.3 Å². The number of nitrogens with zero attached hydrogens (tertiary/aromatic N) is 4. The summed E-state index contributed by atoms with van der Waals surface area (Å²) in [7, 11) is 3.36. The van der Waals surface area contributed by atoms with Gasteiger partial charge in [0.2, 0.25) is 10.3 Å². The number of anilines is 2. The highest BCUT2D eigenvalue weighted by atomic mass is 32.1. The number of rotatable bonds is 13. The molecule has 2 unspecified atom stereocenters. The third-order valence-electron chi connectivity index (χ3n) is 5.83. The van der Waals surface area contributed by atoms with Gasteiger partial charge >= 0.3 is 0 Å². The molecular weight excluding hydrogens is 492 g/mol. The summed E-state index contributed by atoms with van der Waals surface area (Å²) >= 11 is 3.23. The molecule has 0 saturated heterocycles. The highest BCUT2D eigenvalue weighted by Crippen LogP contribution is 2.27. The average molecular weight is 525 g/mol. The first-order valence-corrected chi connectivity index (χ1v) is 13.6. The van der Waals surface area contributed by atoms with Gasteiger partial charge in [0, 0.05) is 12.8 Å². The zero-order valence-corrected chi connectivity index (χ0v) is 22.7. The van der Waals surface area contributed by atoms with E-state index < -0.39 is 0 Å². The van der Waals surface area contributed by atoms with E-state index in [0.717, 1.165) is 68.6 Å². The topological polar surface area (TPSA) is 94.1 Å². The molecule has 0 aliphatic carbocycles. The molecular formula is C26H32N6O2S2. The zero-order chi connectivity index (χ0) is 25.3. The van der Waals surface area contributed by atoms with Crippen molar-refractivity contribution in [3.8, 4) is 11.5 Å². The fourth-order valence-corrected chi connectivity index (χ4v) is 5.47. The Kier molecular flexibility index (Phi) is 9.07. The summed E-state index contributed by atoms with van der Waals surface area (Å²) < 4.78 is 10.6. The zero-order valence-electron chi connectivity index (χ0n) is 21.0. The Bertz CT molecular complexity index is 1150. The lowest BCUT2D eigenvalue weighted by atomic mass is 10.1. The molecule has 8 nitrogen and oxygen atoms in total. The highest BCUT2D eigenvalue weighted by Gasteiger charge is 2.12. The van der Waals surface area contributed by atoms with E-state index in [-0.39, 0.29) is 12.1 Å². The number of hydrogen-bond acceptors (Lipinski definition) is 10. The summed E-state index contributed by atoms with van der Waals surface area (Å²) in [5.41, 5.74) is 2.30. The molecule has 36 heavy (non-hydrogen) atoms. The Morgan fingerprint density at radius 2 is 1.14 bits per heavy atom. The summed E-state index contributed by atoms with van der Waals surface area (Å²) in [6.07, 6.45) is 3.87. The molecule has 10 heteroatoms. The lowest BCUT2D eigenvalue weighted by molar-refractivity contribution is 0.414. The minimum atomic E-state index is 0.118. The molecule has 4 rings (SSSR count). The van der Waals surface area contributed by atoms with Gasteiger partial charge in [0.1, 0.15) is 21.5 Å². The Morgan fingerprint density at radius 3 is 1.56 bits per heavy atom. The summed E-state index contributed by atoms with van der Waals surface area (Å²) in [6.45, 7) is 4.22. The number of nitrogens with one attached hydrogen (secondary N) is 2. The van der Waals surface area contributed by atoms with Gasteiger partial charge in [0.05, 0.1) is 26.3 Å². The van der Waals surface area contributed by atoms with Crippen LogP contribution in [-0.4, -0.2) is 34.6 Å². The van der Waals surface area contributed by atoms with E-state index in [1.807, 2.05) is 36.4 Å². The van der Waals surface area contributed by atoms with Gasteiger partial charge in [-0.25, -0.2) is 0 Å². The molecule has 0 radical (unpaired) electrons. The third kappa shape index (κ3) is 7.14. The predicted molar refractivity (Wildman–Crippen MR) is 147 cm³/mol. The fraction of sp³-hybridized carbons (Fsp3) is 0.385. The maximum Gasteiger partial charge on any atom is 0.206 e. The van der Waals surface area contributed by atoms with Crippen LogP contribution < -0.4 is 20.1 Å². The molecule has 0 aliphatic heterocycles. The lowest BCUT2D eigenvalue weighted by Gasteiger charge is -2.13. The maximum atomic E-state index is 5.32. The Morgan fingerprint density at radius 1 is 0.694 bits per heavy atom. The summed E-state index contributed by atoms with van der Waals surface area (Å²) in [5.74, 6) is 1.70. The van der Waals surface area contributed by atoms with Gasteiger partial charge in [-0.3, -0.25) is 0 Å². The van der Waals surface area contributed by atoms with Gasteiger partial charge in [-0.1, -0.05) is 46.9 Å². The average Bonchev–Trinajstić information content (AvgIpc) is 3.55. The number of methoxy groups -OCH3 is 2. The molecule has 190 valence electrons. The monoisotopic (exact) mass is 524 g/mol. The van der Waals surface area contributed by atoms with Gasteiger partial charge in [0.25, 0.3) is 0 Å². The van der Waals surface area contributed by atoms with Crippen molar-refractivity contribution >= 4 is 32.9 Å². The Labute approximate surface area is 220 Å². The first-order valence-electron chi connectivity index (χ1n) is 12.0. The summed E-state index contributed by atoms with van der Waals surface area (Å²) in [4.78, 5) is 0. The van der Waals surface area contributed by atoms with Crippen LogP contribution in [0, 0.1) is 0 Å². The molecule has 4 aromatic rings. The second-order valence-electron chi connectivity index (χ2n) is 8.49. The van der Waals surface area contributed by atoms with Crippen molar-refractivity contribution < 1.29 is 9.47 Å². The standard InChI is InChI=1S/C26H32N6O2S2/c1-17(19-9-7-11-21(15-19)33-3)27-25-31-29-23(35-25)13-5-6-14-24-30-32-26(36-24)28-18(2)20-10-8-12-22(16-20)34-4/h7-12,15-18H,5-6,13-14H2,1-4H3,(H,27,31)(H,28,32). The van der Waals surface area contributed by atoms with E-state index in [0.29, 0.717) is 0 Å². The minimum absolute atomic E-state index is 0.118. The van der Waals surface area contributed by atoms with Crippen LogP contribution in [0.15, 0.2) is 48.5 Å². The molecule has 0 aliphatic rings. The predicted octanol–water partition coefficient (Wildman–Crippen LogP) is 6.32. The molecule has 0 spiro atoms. The van der Waals surface area contributed by atoms with E-state index in [9.17, 15) is 0 Å². The molecule has 0 fully saturated rings. The van der Waals surface area contributed by atoms with Crippen molar-refractivity contribution in [2.75, 3.05) is 24.9 Å². The fourth-order valence-electron chi connectivity index (χ4n) is 3.74. The maximum absolute atomic E-state index is 5.32. The lowest BCUT2D eigenvalue weighted by Crippen LogP contribution is -2.06. The molecule has 0 bridgehead atoms. The van der Waals surface area contributed by atoms with Crippen LogP contribution in [0.1, 0.15) is 59.9 Å². The Hall–Kier alpha value is -3.24. The van der Waals surface area contributed by atoms with Crippen LogP contribution in [0.2, 0.25) is 0 Å². The van der Waals surface area contributed by atoms with Crippen molar-refractivity contribution in [3.05, 3.63) is 69.7 Å². The Balaban J connectivity index is 1.20. The number of hydrogen-bond donors (Lipinski definition) is 2. The van der Waals surface area contributed by atoms with Crippen molar-refractivity contribution in [2.24, 2.45) is 0 Å². The molecule has 0 saturated carbocycles. The number of ether oxygens (including phenoxy) is 2. The van der Waals surface area contributed by atoms with Crippen LogP contribution in [0.5, 0.6) is 11.5 Å². The summed E-state index contributed by atoms with van der Waals surface area (Å²) in [6, 6.07) is 16.3. The van der Waals surface area contributed by atoms with Gasteiger partial charge in [-0.2, -0.15) is 0 Å². The van der Waals surface area contributed by atoms with E-state index in [2.05, 4.69) is 57.0 Å². The van der Waals surface area contributed by atoms with Gasteiger partial charge < -0.3 is 20.1 Å². The first-order chi connectivity index (χ1) is 17.5. The minimum Gasteiger partial charge on any atom is -0.497 e. The second-order valence-corrected chi connectivity index (χ2v) is 10.6. The molecule has 2 atom stereocenters. The molecule has 0 amide bonds. The van der Waals surface area contributed by atoms with Gasteiger partial charge in [0.15, 0.2) is 0 Å². The van der Waals surface area contributed by atoms with Crippen LogP contribution in [0.25, 0.3) is 0 Å². The second kappa shape index (κ2) is 12.6.